The maximum atomic E-state index is 12.7. The Morgan fingerprint density at radius 1 is 1.30 bits per heavy atom. The van der Waals surface area contributed by atoms with E-state index in [-0.39, 0.29) is 11.2 Å². The minimum absolute atomic E-state index is 0.0928. The second-order valence-electron chi connectivity index (χ2n) is 7.33. The third-order valence-electron chi connectivity index (χ3n) is 5.19. The summed E-state index contributed by atoms with van der Waals surface area (Å²) in [7, 11) is 0. The molecule has 146 valence electrons. The average molecular weight is 388 g/mol. The molecule has 3 atom stereocenters. The van der Waals surface area contributed by atoms with E-state index in [0.717, 1.165) is 35.9 Å². The molecule has 0 aliphatic heterocycles. The summed E-state index contributed by atoms with van der Waals surface area (Å²) >= 11 is 1.49. The smallest absolute Gasteiger partial charge is 0.233 e. The number of hydrogen-bond acceptors (Lipinski definition) is 5. The standard InChI is InChI=1S/C20H29N5OS/c1-4-13-25-18(16-9-11-21-12-10-16)23-24-20(25)27-15(3)19(26)22-17-8-6-5-7-14(17)2/h9-12,14-15,17H,4-8,13H2,1-3H3,(H,22,26). The van der Waals surface area contributed by atoms with E-state index >= 15 is 0 Å². The molecule has 2 heterocycles. The van der Waals surface area contributed by atoms with Crippen molar-refractivity contribution in [1.29, 1.82) is 0 Å². The first kappa shape index (κ1) is 19.9. The molecule has 1 aliphatic rings. The van der Waals surface area contributed by atoms with Crippen molar-refractivity contribution in [1.82, 2.24) is 25.1 Å². The number of hydrogen-bond donors (Lipinski definition) is 1. The first-order chi connectivity index (χ1) is 13.1. The molecule has 0 bridgehead atoms. The Labute approximate surface area is 165 Å². The highest BCUT2D eigenvalue weighted by atomic mass is 32.2. The van der Waals surface area contributed by atoms with Crippen LogP contribution in [0.15, 0.2) is 29.7 Å². The zero-order valence-electron chi connectivity index (χ0n) is 16.4. The van der Waals surface area contributed by atoms with Crippen LogP contribution < -0.4 is 5.32 Å². The number of nitrogens with zero attached hydrogens (tertiary/aromatic N) is 4. The Balaban J connectivity index is 1.70. The number of pyridine rings is 1. The molecule has 1 N–H and O–H groups in total. The summed E-state index contributed by atoms with van der Waals surface area (Å²) in [5.41, 5.74) is 0.992. The SMILES string of the molecule is CCCn1c(SC(C)C(=O)NC2CCCCC2C)nnc1-c1ccncc1. The molecule has 1 amide bonds. The minimum Gasteiger partial charge on any atom is -0.352 e. The van der Waals surface area contributed by atoms with Gasteiger partial charge in [-0.15, -0.1) is 10.2 Å². The molecule has 0 radical (unpaired) electrons. The molecule has 3 unspecified atom stereocenters. The lowest BCUT2D eigenvalue weighted by Gasteiger charge is -2.30. The van der Waals surface area contributed by atoms with Gasteiger partial charge in [0.1, 0.15) is 0 Å². The third-order valence-corrected chi connectivity index (χ3v) is 6.27. The van der Waals surface area contributed by atoms with Gasteiger partial charge in [0.15, 0.2) is 11.0 Å². The lowest BCUT2D eigenvalue weighted by Crippen LogP contribution is -2.44. The number of amides is 1. The van der Waals surface area contributed by atoms with E-state index in [1.165, 1.54) is 31.0 Å². The number of thioether (sulfide) groups is 1. The first-order valence-electron chi connectivity index (χ1n) is 9.90. The van der Waals surface area contributed by atoms with Crippen LogP contribution in [0.3, 0.4) is 0 Å². The number of rotatable bonds is 7. The van der Waals surface area contributed by atoms with E-state index in [2.05, 4.69) is 38.9 Å². The molecule has 3 rings (SSSR count). The Bertz CT molecular complexity index is 748. The lowest BCUT2D eigenvalue weighted by molar-refractivity contribution is -0.121. The fourth-order valence-corrected chi connectivity index (χ4v) is 4.44. The van der Waals surface area contributed by atoms with Gasteiger partial charge in [-0.3, -0.25) is 9.78 Å². The molecule has 7 heteroatoms. The van der Waals surface area contributed by atoms with Crippen molar-refractivity contribution < 1.29 is 4.79 Å². The zero-order chi connectivity index (χ0) is 19.2. The summed E-state index contributed by atoms with van der Waals surface area (Å²) in [6.45, 7) is 7.14. The van der Waals surface area contributed by atoms with E-state index < -0.39 is 0 Å². The van der Waals surface area contributed by atoms with Gasteiger partial charge in [0.2, 0.25) is 5.91 Å². The van der Waals surface area contributed by atoms with Crippen molar-refractivity contribution in [3.05, 3.63) is 24.5 Å². The average Bonchev–Trinajstić information content (AvgIpc) is 3.07. The predicted octanol–water partition coefficient (Wildman–Crippen LogP) is 3.93. The summed E-state index contributed by atoms with van der Waals surface area (Å²) in [4.78, 5) is 16.8. The number of carbonyl (C=O) groups excluding carboxylic acids is 1. The highest BCUT2D eigenvalue weighted by Gasteiger charge is 2.26. The second kappa shape index (κ2) is 9.35. The molecule has 1 fully saturated rings. The van der Waals surface area contributed by atoms with Crippen LogP contribution in [0.1, 0.15) is 52.9 Å². The van der Waals surface area contributed by atoms with Crippen molar-refractivity contribution in [2.45, 2.75) is 75.9 Å². The summed E-state index contributed by atoms with van der Waals surface area (Å²) < 4.78 is 2.10. The number of aromatic nitrogens is 4. The molecule has 27 heavy (non-hydrogen) atoms. The molecule has 0 spiro atoms. The fraction of sp³-hybridized carbons (Fsp3) is 0.600. The van der Waals surface area contributed by atoms with Crippen molar-refractivity contribution in [2.24, 2.45) is 5.92 Å². The summed E-state index contributed by atoms with van der Waals surface area (Å²) in [5, 5.41) is 12.6. The Morgan fingerprint density at radius 2 is 2.04 bits per heavy atom. The Morgan fingerprint density at radius 3 is 2.74 bits per heavy atom. The largest absolute Gasteiger partial charge is 0.352 e. The minimum atomic E-state index is -0.204. The van der Waals surface area contributed by atoms with Gasteiger partial charge in [-0.05, 0) is 44.2 Å². The van der Waals surface area contributed by atoms with Crippen LogP contribution in [0.25, 0.3) is 11.4 Å². The van der Waals surface area contributed by atoms with Gasteiger partial charge in [0, 0.05) is 30.5 Å². The van der Waals surface area contributed by atoms with Crippen LogP contribution in [0.4, 0.5) is 0 Å². The predicted molar refractivity (Wildman–Crippen MR) is 108 cm³/mol. The van der Waals surface area contributed by atoms with Gasteiger partial charge < -0.3 is 9.88 Å². The lowest BCUT2D eigenvalue weighted by atomic mass is 9.86. The van der Waals surface area contributed by atoms with E-state index in [1.54, 1.807) is 12.4 Å². The van der Waals surface area contributed by atoms with E-state index in [0.29, 0.717) is 12.0 Å². The summed E-state index contributed by atoms with van der Waals surface area (Å²) in [5.74, 6) is 1.48. The topological polar surface area (TPSA) is 72.7 Å². The Hall–Kier alpha value is -1.89. The zero-order valence-corrected chi connectivity index (χ0v) is 17.2. The van der Waals surface area contributed by atoms with Crippen LogP contribution in [0, 0.1) is 5.92 Å². The van der Waals surface area contributed by atoms with Crippen LogP contribution >= 0.6 is 11.8 Å². The molecule has 1 aliphatic carbocycles. The fourth-order valence-electron chi connectivity index (χ4n) is 3.56. The summed E-state index contributed by atoms with van der Waals surface area (Å²) in [6, 6.07) is 4.17. The number of carbonyl (C=O) groups is 1. The monoisotopic (exact) mass is 387 g/mol. The van der Waals surface area contributed by atoms with Crippen molar-refractivity contribution in [2.75, 3.05) is 0 Å². The molecule has 0 saturated heterocycles. The van der Waals surface area contributed by atoms with Crippen LogP contribution in [-0.2, 0) is 11.3 Å². The first-order valence-corrected chi connectivity index (χ1v) is 10.8. The normalized spacial score (nSPS) is 21.0. The highest BCUT2D eigenvalue weighted by Crippen LogP contribution is 2.28. The third kappa shape index (κ3) is 4.89. The van der Waals surface area contributed by atoms with Gasteiger partial charge in [-0.2, -0.15) is 0 Å². The highest BCUT2D eigenvalue weighted by molar-refractivity contribution is 8.00. The molecular formula is C20H29N5OS. The van der Waals surface area contributed by atoms with Crippen molar-refractivity contribution in [3.8, 4) is 11.4 Å². The van der Waals surface area contributed by atoms with Crippen LogP contribution in [0.5, 0.6) is 0 Å². The molecule has 2 aromatic heterocycles. The van der Waals surface area contributed by atoms with Crippen LogP contribution in [-0.4, -0.2) is 36.9 Å². The maximum Gasteiger partial charge on any atom is 0.233 e. The van der Waals surface area contributed by atoms with Gasteiger partial charge >= 0.3 is 0 Å². The molecule has 1 saturated carbocycles. The van der Waals surface area contributed by atoms with E-state index in [9.17, 15) is 4.79 Å². The van der Waals surface area contributed by atoms with Crippen LogP contribution in [0.2, 0.25) is 0 Å². The van der Waals surface area contributed by atoms with Gasteiger partial charge in [0.05, 0.1) is 5.25 Å². The van der Waals surface area contributed by atoms with Crippen molar-refractivity contribution in [3.63, 3.8) is 0 Å². The van der Waals surface area contributed by atoms with E-state index in [4.69, 9.17) is 0 Å². The molecule has 0 aromatic carbocycles. The van der Waals surface area contributed by atoms with Gasteiger partial charge in [0.25, 0.3) is 0 Å². The Kier molecular flexibility index (Phi) is 6.88. The van der Waals surface area contributed by atoms with E-state index in [1.807, 2.05) is 19.1 Å². The molecular weight excluding hydrogens is 358 g/mol. The quantitative estimate of drug-likeness (QED) is 0.729. The summed E-state index contributed by atoms with van der Waals surface area (Å²) in [6.07, 6.45) is 9.26. The maximum absolute atomic E-state index is 12.7. The second-order valence-corrected chi connectivity index (χ2v) is 8.64. The van der Waals surface area contributed by atoms with Gasteiger partial charge in [-0.25, -0.2) is 0 Å². The molecule has 2 aromatic rings. The number of nitrogens with one attached hydrogen (secondary N) is 1. The van der Waals surface area contributed by atoms with Crippen molar-refractivity contribution >= 4 is 17.7 Å². The molecule has 6 nitrogen and oxygen atoms in total. The van der Waals surface area contributed by atoms with Gasteiger partial charge in [-0.1, -0.05) is 38.5 Å².